The number of ether oxygens (including phenoxy) is 3. The number of rotatable bonds is 8. The summed E-state index contributed by atoms with van der Waals surface area (Å²) >= 11 is 0.418. The fourth-order valence-electron chi connectivity index (χ4n) is 5.55. The van der Waals surface area contributed by atoms with Gasteiger partial charge in [-0.25, -0.2) is 14.5 Å². The van der Waals surface area contributed by atoms with Gasteiger partial charge in [0, 0.05) is 18.8 Å². The first-order valence-electron chi connectivity index (χ1n) is 12.7. The molecule has 2 saturated heterocycles. The van der Waals surface area contributed by atoms with Crippen LogP contribution >= 0.6 is 11.8 Å². The molecule has 1 aromatic carbocycles. The predicted octanol–water partition coefficient (Wildman–Crippen LogP) is 4.34. The van der Waals surface area contributed by atoms with E-state index in [0.717, 1.165) is 0 Å². The van der Waals surface area contributed by atoms with Crippen molar-refractivity contribution in [1.82, 2.24) is 9.80 Å². The van der Waals surface area contributed by atoms with Crippen molar-refractivity contribution >= 4 is 29.7 Å². The molecular formula is C26H29F3N2O7S. The van der Waals surface area contributed by atoms with Gasteiger partial charge in [0.1, 0.15) is 17.4 Å². The van der Waals surface area contributed by atoms with Crippen LogP contribution in [-0.2, 0) is 19.1 Å². The van der Waals surface area contributed by atoms with Crippen LogP contribution in [0.5, 0.6) is 5.75 Å². The number of hydrogen-bond acceptors (Lipinski definition) is 7. The topological polar surface area (TPSA) is 106 Å². The highest BCUT2D eigenvalue weighted by atomic mass is 32.2. The number of halogens is 3. The summed E-state index contributed by atoms with van der Waals surface area (Å²) in [6.45, 7) is 1.98. The lowest BCUT2D eigenvalue weighted by molar-refractivity contribution is -0.153. The summed E-state index contributed by atoms with van der Waals surface area (Å²) in [4.78, 5) is 40.5. The molecule has 3 fully saturated rings. The van der Waals surface area contributed by atoms with Gasteiger partial charge < -0.3 is 24.2 Å². The number of urea groups is 1. The molecule has 3 unspecified atom stereocenters. The number of carbonyl (C=O) groups is 3. The van der Waals surface area contributed by atoms with Gasteiger partial charge in [-0.3, -0.25) is 4.79 Å². The van der Waals surface area contributed by atoms with Crippen LogP contribution in [0.15, 0.2) is 34.7 Å². The minimum absolute atomic E-state index is 0.0432. The summed E-state index contributed by atoms with van der Waals surface area (Å²) in [5.74, 6) is -3.13. The maximum Gasteiger partial charge on any atom is 0.422 e. The molecule has 9 nitrogen and oxygen atoms in total. The van der Waals surface area contributed by atoms with Gasteiger partial charge in [0.25, 0.3) is 0 Å². The zero-order chi connectivity index (χ0) is 28.1. The third kappa shape index (κ3) is 4.89. The largest absolute Gasteiger partial charge is 0.496 e. The normalized spacial score (nSPS) is 26.1. The van der Waals surface area contributed by atoms with Gasteiger partial charge in [-0.2, -0.15) is 13.2 Å². The van der Waals surface area contributed by atoms with Gasteiger partial charge >= 0.3 is 18.2 Å². The maximum absolute atomic E-state index is 14.0. The van der Waals surface area contributed by atoms with Crippen LogP contribution in [0.2, 0.25) is 0 Å². The molecule has 212 valence electrons. The molecule has 5 rings (SSSR count). The molecule has 3 amide bonds. The van der Waals surface area contributed by atoms with E-state index in [1.165, 1.54) is 18.9 Å². The number of methoxy groups -OCH3 is 1. The first kappa shape index (κ1) is 27.8. The first-order chi connectivity index (χ1) is 18.5. The Labute approximate surface area is 227 Å². The monoisotopic (exact) mass is 570 g/mol. The Morgan fingerprint density at radius 2 is 1.90 bits per heavy atom. The summed E-state index contributed by atoms with van der Waals surface area (Å²) in [6.07, 6.45) is -4.52. The van der Waals surface area contributed by atoms with Gasteiger partial charge in [0.15, 0.2) is 0 Å². The minimum Gasteiger partial charge on any atom is -0.496 e. The Kier molecular flexibility index (Phi) is 7.36. The summed E-state index contributed by atoms with van der Waals surface area (Å²) < 4.78 is 59.2. The third-order valence-electron chi connectivity index (χ3n) is 7.76. The zero-order valence-corrected chi connectivity index (χ0v) is 22.2. The maximum atomic E-state index is 14.0. The van der Waals surface area contributed by atoms with Gasteiger partial charge in [-0.15, -0.1) is 0 Å². The Bertz CT molecular complexity index is 1200. The van der Waals surface area contributed by atoms with Crippen LogP contribution < -0.4 is 4.74 Å². The number of benzene rings is 1. The highest BCUT2D eigenvalue weighted by molar-refractivity contribution is 8.04. The molecule has 0 spiro atoms. The summed E-state index contributed by atoms with van der Waals surface area (Å²) in [7, 11) is 1.48. The number of alkyl halides is 3. The van der Waals surface area contributed by atoms with E-state index < -0.39 is 51.9 Å². The van der Waals surface area contributed by atoms with Crippen molar-refractivity contribution in [3.63, 3.8) is 0 Å². The molecule has 13 heteroatoms. The SMILES string of the molecule is COc1ccccc1C(CN1C(=O)N(C2(C(=O)O)CC2)C(=O)C2C(C)=C(C(F)(F)F)SC21)OC1CCOCC1. The van der Waals surface area contributed by atoms with Crippen molar-refractivity contribution in [3.8, 4) is 5.75 Å². The second-order valence-corrected chi connectivity index (χ2v) is 11.2. The van der Waals surface area contributed by atoms with E-state index in [4.69, 9.17) is 14.2 Å². The second kappa shape index (κ2) is 10.3. The standard InChI is InChI=1S/C26H29F3N2O7S/c1-14-19-21(32)31(25(9-10-25)23(33)34)24(35)30(22(19)39-20(14)26(27,28)29)13-18(38-15-7-11-37-12-8-15)16-5-3-4-6-17(16)36-2/h3-6,15,18-19,22H,7-13H2,1-2H3,(H,33,34). The summed E-state index contributed by atoms with van der Waals surface area (Å²) in [5.41, 5.74) is -1.39. The van der Waals surface area contributed by atoms with Crippen molar-refractivity contribution in [1.29, 1.82) is 0 Å². The molecule has 3 aliphatic heterocycles. The number of carboxylic acids is 1. The number of fused-ring (bicyclic) bond motifs is 1. The Morgan fingerprint density at radius 3 is 2.49 bits per heavy atom. The highest BCUT2D eigenvalue weighted by Gasteiger charge is 2.66. The zero-order valence-electron chi connectivity index (χ0n) is 21.4. The number of imide groups is 1. The van der Waals surface area contributed by atoms with E-state index in [-0.39, 0.29) is 31.1 Å². The lowest BCUT2D eigenvalue weighted by Gasteiger charge is -2.45. The molecule has 1 aliphatic carbocycles. The average molecular weight is 571 g/mol. The molecular weight excluding hydrogens is 541 g/mol. The van der Waals surface area contributed by atoms with E-state index in [1.807, 2.05) is 0 Å². The number of para-hydroxylation sites is 1. The molecule has 0 radical (unpaired) electrons. The fourth-order valence-corrected chi connectivity index (χ4v) is 6.99. The quantitative estimate of drug-likeness (QED) is 0.492. The van der Waals surface area contributed by atoms with E-state index >= 15 is 0 Å². The Hall–Kier alpha value is -2.77. The Balaban J connectivity index is 1.55. The van der Waals surface area contributed by atoms with Crippen LogP contribution in [0.25, 0.3) is 0 Å². The third-order valence-corrected chi connectivity index (χ3v) is 9.32. The van der Waals surface area contributed by atoms with Crippen molar-refractivity contribution in [3.05, 3.63) is 40.3 Å². The van der Waals surface area contributed by atoms with Crippen LogP contribution in [0.1, 0.15) is 44.3 Å². The van der Waals surface area contributed by atoms with E-state index in [1.54, 1.807) is 24.3 Å². The molecule has 4 aliphatic rings. The number of aliphatic carboxylic acids is 1. The lowest BCUT2D eigenvalue weighted by Crippen LogP contribution is -2.65. The van der Waals surface area contributed by atoms with E-state index in [2.05, 4.69) is 0 Å². The first-order valence-corrected chi connectivity index (χ1v) is 13.6. The number of carboxylic acid groups (broad SMARTS) is 1. The number of nitrogens with zero attached hydrogens (tertiary/aromatic N) is 2. The summed E-state index contributed by atoms with van der Waals surface area (Å²) in [5, 5.41) is 8.70. The smallest absolute Gasteiger partial charge is 0.422 e. The van der Waals surface area contributed by atoms with Crippen molar-refractivity contribution < 1.29 is 46.9 Å². The number of carbonyl (C=O) groups excluding carboxylic acids is 2. The number of amides is 3. The number of thioether (sulfide) groups is 1. The van der Waals surface area contributed by atoms with E-state index in [9.17, 15) is 32.7 Å². The molecule has 3 atom stereocenters. The molecule has 3 heterocycles. The van der Waals surface area contributed by atoms with Crippen molar-refractivity contribution in [2.75, 3.05) is 26.9 Å². The van der Waals surface area contributed by atoms with E-state index in [0.29, 0.717) is 54.0 Å². The van der Waals surface area contributed by atoms with Gasteiger partial charge in [0.2, 0.25) is 5.91 Å². The number of hydrogen-bond donors (Lipinski definition) is 1. The minimum atomic E-state index is -4.73. The molecule has 1 N–H and O–H groups in total. The van der Waals surface area contributed by atoms with Gasteiger partial charge in [0.05, 0.1) is 36.0 Å². The van der Waals surface area contributed by atoms with Gasteiger partial charge in [-0.1, -0.05) is 30.0 Å². The van der Waals surface area contributed by atoms with Crippen LogP contribution in [-0.4, -0.2) is 82.9 Å². The molecule has 0 bridgehead atoms. The van der Waals surface area contributed by atoms with Crippen LogP contribution in [0, 0.1) is 5.92 Å². The summed E-state index contributed by atoms with van der Waals surface area (Å²) in [6, 6.07) is 6.06. The van der Waals surface area contributed by atoms with Crippen molar-refractivity contribution in [2.24, 2.45) is 5.92 Å². The van der Waals surface area contributed by atoms with Gasteiger partial charge in [-0.05, 0) is 44.2 Å². The average Bonchev–Trinajstić information content (AvgIpc) is 3.62. The lowest BCUT2D eigenvalue weighted by atomic mass is 9.93. The van der Waals surface area contributed by atoms with Crippen molar-refractivity contribution in [2.45, 2.75) is 61.9 Å². The fraction of sp³-hybridized carbons (Fsp3) is 0.577. The predicted molar refractivity (Wildman–Crippen MR) is 133 cm³/mol. The molecule has 1 aromatic rings. The van der Waals surface area contributed by atoms with Crippen LogP contribution in [0.4, 0.5) is 18.0 Å². The van der Waals surface area contributed by atoms with Crippen LogP contribution in [0.3, 0.4) is 0 Å². The highest BCUT2D eigenvalue weighted by Crippen LogP contribution is 2.55. The Morgan fingerprint density at radius 1 is 1.23 bits per heavy atom. The molecule has 1 saturated carbocycles. The molecule has 0 aromatic heterocycles. The second-order valence-electron chi connectivity index (χ2n) is 10.1. The molecule has 39 heavy (non-hydrogen) atoms. The number of allylic oxidation sites excluding steroid dienone is 1.